The molecule has 1 aromatic heterocycles. The van der Waals surface area contributed by atoms with Gasteiger partial charge < -0.3 is 5.32 Å². The SMILES string of the molecule is FC(F)(F)c1ccc2sc(NC3CC4CCC3C4)nc2c1. The van der Waals surface area contributed by atoms with E-state index in [1.54, 1.807) is 0 Å². The maximum absolute atomic E-state index is 12.7. The van der Waals surface area contributed by atoms with Crippen LogP contribution in [0.3, 0.4) is 0 Å². The summed E-state index contributed by atoms with van der Waals surface area (Å²) in [5.74, 6) is 1.55. The fraction of sp³-hybridized carbons (Fsp3) is 0.533. The summed E-state index contributed by atoms with van der Waals surface area (Å²) in [5.41, 5.74) is -0.202. The molecule has 0 radical (unpaired) electrons. The molecule has 1 aromatic carbocycles. The Kier molecular flexibility index (Phi) is 2.93. The first-order valence-corrected chi connectivity index (χ1v) is 8.05. The van der Waals surface area contributed by atoms with Crippen molar-refractivity contribution in [3.63, 3.8) is 0 Å². The molecule has 2 aliphatic carbocycles. The van der Waals surface area contributed by atoms with Crippen LogP contribution in [0.15, 0.2) is 18.2 Å². The highest BCUT2D eigenvalue weighted by atomic mass is 32.1. The third-order valence-corrected chi connectivity index (χ3v) is 5.73. The second-order valence-electron chi connectivity index (χ2n) is 6.12. The van der Waals surface area contributed by atoms with Gasteiger partial charge in [0.15, 0.2) is 5.13 Å². The zero-order chi connectivity index (χ0) is 14.6. The van der Waals surface area contributed by atoms with Crippen LogP contribution in [0.25, 0.3) is 10.2 Å². The van der Waals surface area contributed by atoms with Crippen LogP contribution in [0.4, 0.5) is 18.3 Å². The predicted octanol–water partition coefficient (Wildman–Crippen LogP) is 4.92. The van der Waals surface area contributed by atoms with Crippen molar-refractivity contribution in [1.29, 1.82) is 0 Å². The molecule has 0 amide bonds. The van der Waals surface area contributed by atoms with Gasteiger partial charge in [0.2, 0.25) is 0 Å². The Morgan fingerprint density at radius 3 is 2.71 bits per heavy atom. The Balaban J connectivity index is 1.59. The fourth-order valence-corrected chi connectivity index (χ4v) is 4.65. The normalized spacial score (nSPS) is 28.4. The standard InChI is InChI=1S/C15H15F3N2S/c16-15(17,18)10-3-4-13-12(7-10)20-14(21-13)19-11-6-8-1-2-9(11)5-8/h3-4,7-9,11H,1-2,5-6H2,(H,19,20). The van der Waals surface area contributed by atoms with E-state index in [9.17, 15) is 13.2 Å². The Morgan fingerprint density at radius 2 is 2.05 bits per heavy atom. The van der Waals surface area contributed by atoms with Crippen molar-refractivity contribution in [2.45, 2.75) is 37.9 Å². The van der Waals surface area contributed by atoms with Gasteiger partial charge in [-0.25, -0.2) is 4.98 Å². The molecular weight excluding hydrogens is 297 g/mol. The average Bonchev–Trinajstić information content (AvgIpc) is 3.09. The molecule has 112 valence electrons. The third-order valence-electron chi connectivity index (χ3n) is 4.76. The molecule has 3 atom stereocenters. The van der Waals surface area contributed by atoms with Gasteiger partial charge in [-0.1, -0.05) is 17.8 Å². The lowest BCUT2D eigenvalue weighted by Gasteiger charge is -2.22. The first-order chi connectivity index (χ1) is 9.99. The van der Waals surface area contributed by atoms with Crippen molar-refractivity contribution in [1.82, 2.24) is 4.98 Å². The molecule has 2 fully saturated rings. The Hall–Kier alpha value is -1.30. The highest BCUT2D eigenvalue weighted by molar-refractivity contribution is 7.22. The summed E-state index contributed by atoms with van der Waals surface area (Å²) < 4.78 is 38.9. The lowest BCUT2D eigenvalue weighted by Crippen LogP contribution is -2.25. The minimum atomic E-state index is -4.31. The third kappa shape index (κ3) is 2.39. The van der Waals surface area contributed by atoms with Crippen LogP contribution in [0.2, 0.25) is 0 Å². The summed E-state index contributed by atoms with van der Waals surface area (Å²) in [6.07, 6.45) is 0.758. The molecule has 3 unspecified atom stereocenters. The van der Waals surface area contributed by atoms with Crippen molar-refractivity contribution < 1.29 is 13.2 Å². The highest BCUT2D eigenvalue weighted by Gasteiger charge is 2.39. The van der Waals surface area contributed by atoms with Gasteiger partial charge in [0.05, 0.1) is 15.8 Å². The van der Waals surface area contributed by atoms with E-state index >= 15 is 0 Å². The Bertz CT molecular complexity index is 679. The second kappa shape index (κ2) is 4.60. The van der Waals surface area contributed by atoms with Crippen LogP contribution in [0, 0.1) is 11.8 Å². The molecule has 21 heavy (non-hydrogen) atoms. The predicted molar refractivity (Wildman–Crippen MR) is 77.5 cm³/mol. The van der Waals surface area contributed by atoms with E-state index in [1.807, 2.05) is 0 Å². The maximum atomic E-state index is 12.7. The number of nitrogens with one attached hydrogen (secondary N) is 1. The fourth-order valence-electron chi connectivity index (χ4n) is 3.75. The summed E-state index contributed by atoms with van der Waals surface area (Å²) in [5, 5.41) is 4.20. The molecule has 0 saturated heterocycles. The number of fused-ring (bicyclic) bond motifs is 3. The zero-order valence-corrected chi connectivity index (χ0v) is 12.1. The molecule has 2 nitrogen and oxygen atoms in total. The molecule has 1 heterocycles. The van der Waals surface area contributed by atoms with Gasteiger partial charge in [-0.3, -0.25) is 0 Å². The van der Waals surface area contributed by atoms with E-state index in [0.717, 1.165) is 27.9 Å². The van der Waals surface area contributed by atoms with Gasteiger partial charge >= 0.3 is 6.18 Å². The minimum Gasteiger partial charge on any atom is -0.358 e. The maximum Gasteiger partial charge on any atom is 0.416 e. The van der Waals surface area contributed by atoms with Gasteiger partial charge in [0.25, 0.3) is 0 Å². The summed E-state index contributed by atoms with van der Waals surface area (Å²) in [6, 6.07) is 4.23. The van der Waals surface area contributed by atoms with Gasteiger partial charge in [0.1, 0.15) is 0 Å². The molecule has 2 aromatic rings. The smallest absolute Gasteiger partial charge is 0.358 e. The summed E-state index contributed by atoms with van der Waals surface area (Å²) in [7, 11) is 0. The van der Waals surface area contributed by atoms with Crippen LogP contribution in [-0.4, -0.2) is 11.0 Å². The summed E-state index contributed by atoms with van der Waals surface area (Å²) in [4.78, 5) is 4.34. The molecular formula is C15H15F3N2S. The minimum absolute atomic E-state index is 0.431. The van der Waals surface area contributed by atoms with Crippen LogP contribution < -0.4 is 5.32 Å². The molecule has 0 spiro atoms. The van der Waals surface area contributed by atoms with Crippen LogP contribution in [0.1, 0.15) is 31.2 Å². The largest absolute Gasteiger partial charge is 0.416 e. The van der Waals surface area contributed by atoms with E-state index in [2.05, 4.69) is 10.3 Å². The number of benzene rings is 1. The summed E-state index contributed by atoms with van der Waals surface area (Å²) >= 11 is 1.44. The lowest BCUT2D eigenvalue weighted by atomic mass is 9.96. The van der Waals surface area contributed by atoms with Crippen molar-refractivity contribution >= 4 is 26.7 Å². The van der Waals surface area contributed by atoms with Gasteiger partial charge in [-0.2, -0.15) is 13.2 Å². The first-order valence-electron chi connectivity index (χ1n) is 7.23. The second-order valence-corrected chi connectivity index (χ2v) is 7.16. The Morgan fingerprint density at radius 1 is 1.19 bits per heavy atom. The molecule has 6 heteroatoms. The van der Waals surface area contributed by atoms with E-state index in [4.69, 9.17) is 0 Å². The van der Waals surface area contributed by atoms with Crippen LogP contribution >= 0.6 is 11.3 Å². The molecule has 2 aliphatic rings. The number of nitrogens with zero attached hydrogens (tertiary/aromatic N) is 1. The van der Waals surface area contributed by atoms with E-state index < -0.39 is 11.7 Å². The molecule has 0 aliphatic heterocycles. The van der Waals surface area contributed by atoms with Crippen molar-refractivity contribution in [3.05, 3.63) is 23.8 Å². The van der Waals surface area contributed by atoms with Crippen LogP contribution in [-0.2, 0) is 6.18 Å². The van der Waals surface area contributed by atoms with Crippen molar-refractivity contribution in [2.75, 3.05) is 5.32 Å². The van der Waals surface area contributed by atoms with E-state index in [0.29, 0.717) is 17.5 Å². The average molecular weight is 312 g/mol. The first kappa shape index (κ1) is 13.4. The quantitative estimate of drug-likeness (QED) is 0.851. The van der Waals surface area contributed by atoms with Gasteiger partial charge in [-0.15, -0.1) is 0 Å². The molecule has 2 bridgehead atoms. The van der Waals surface area contributed by atoms with Crippen molar-refractivity contribution in [2.24, 2.45) is 11.8 Å². The monoisotopic (exact) mass is 312 g/mol. The van der Waals surface area contributed by atoms with E-state index in [1.165, 1.54) is 43.1 Å². The number of alkyl halides is 3. The molecule has 4 rings (SSSR count). The Labute approximate surface area is 124 Å². The number of rotatable bonds is 2. The zero-order valence-electron chi connectivity index (χ0n) is 11.3. The van der Waals surface area contributed by atoms with Crippen molar-refractivity contribution in [3.8, 4) is 0 Å². The van der Waals surface area contributed by atoms with E-state index in [-0.39, 0.29) is 0 Å². The molecule has 2 saturated carbocycles. The number of thiazole rings is 1. The number of hydrogen-bond acceptors (Lipinski definition) is 3. The number of anilines is 1. The molecule has 1 N–H and O–H groups in total. The number of hydrogen-bond donors (Lipinski definition) is 1. The lowest BCUT2D eigenvalue weighted by molar-refractivity contribution is -0.137. The van der Waals surface area contributed by atoms with Gasteiger partial charge in [-0.05, 0) is 49.3 Å². The van der Waals surface area contributed by atoms with Crippen LogP contribution in [0.5, 0.6) is 0 Å². The number of halogens is 3. The summed E-state index contributed by atoms with van der Waals surface area (Å²) in [6.45, 7) is 0. The van der Waals surface area contributed by atoms with Gasteiger partial charge in [0, 0.05) is 6.04 Å². The highest BCUT2D eigenvalue weighted by Crippen LogP contribution is 2.46. The number of aromatic nitrogens is 1. The topological polar surface area (TPSA) is 24.9 Å².